The Balaban J connectivity index is 2.28. The molecule has 0 amide bonds. The molecule has 2 N–H and O–H groups in total. The van der Waals surface area contributed by atoms with Gasteiger partial charge in [-0.1, -0.05) is 44.9 Å². The summed E-state index contributed by atoms with van der Waals surface area (Å²) in [5.74, 6) is -1.86. The van der Waals surface area contributed by atoms with Crippen molar-refractivity contribution in [2.75, 3.05) is 0 Å². The second-order valence-electron chi connectivity index (χ2n) is 8.70. The Morgan fingerprint density at radius 3 is 2.00 bits per heavy atom. The number of ketones is 2. The molecule has 0 aromatic heterocycles. The van der Waals surface area contributed by atoms with Gasteiger partial charge in [-0.05, 0) is 31.8 Å². The maximum Gasteiger partial charge on any atom is 0.187 e. The van der Waals surface area contributed by atoms with Gasteiger partial charge in [0.1, 0.15) is 11.2 Å². The van der Waals surface area contributed by atoms with Crippen LogP contribution in [0.1, 0.15) is 41.5 Å². The van der Waals surface area contributed by atoms with Gasteiger partial charge in [0.25, 0.3) is 0 Å². The molecule has 4 rings (SSSR count). The number of fused-ring (bicyclic) bond motifs is 1. The van der Waals surface area contributed by atoms with Gasteiger partial charge in [0, 0.05) is 23.7 Å². The average molecular weight is 332 g/mol. The highest BCUT2D eigenvalue weighted by atomic mass is 16.3. The molecule has 24 heavy (non-hydrogen) atoms. The molecule has 0 aromatic carbocycles. The quantitative estimate of drug-likeness (QED) is 0.761. The maximum absolute atomic E-state index is 13.1. The molecule has 0 radical (unpaired) electrons. The molecular formula is C20H28O4. The van der Waals surface area contributed by atoms with Crippen LogP contribution < -0.4 is 0 Å². The number of Topliss-reactive ketones (excluding diaryl/α,β-unsaturated/α-hetero) is 1. The minimum Gasteiger partial charge on any atom is -0.382 e. The highest BCUT2D eigenvalue weighted by molar-refractivity contribution is 6.01. The highest BCUT2D eigenvalue weighted by Gasteiger charge is 2.66. The van der Waals surface area contributed by atoms with Gasteiger partial charge in [-0.2, -0.15) is 0 Å². The van der Waals surface area contributed by atoms with Crippen LogP contribution in [-0.2, 0) is 9.59 Å². The number of hydrogen-bond donors (Lipinski definition) is 2. The van der Waals surface area contributed by atoms with Crippen LogP contribution in [0, 0.1) is 35.5 Å². The lowest BCUT2D eigenvalue weighted by Gasteiger charge is -2.59. The number of rotatable bonds is 2. The summed E-state index contributed by atoms with van der Waals surface area (Å²) in [5, 5.41) is 21.8. The summed E-state index contributed by atoms with van der Waals surface area (Å²) in [4.78, 5) is 25.6. The molecule has 1 saturated carbocycles. The second-order valence-corrected chi connectivity index (χ2v) is 8.70. The molecule has 0 aliphatic heterocycles. The summed E-state index contributed by atoms with van der Waals surface area (Å²) >= 11 is 0. The molecule has 0 aromatic rings. The first-order chi connectivity index (χ1) is 10.9. The van der Waals surface area contributed by atoms with E-state index in [1.807, 2.05) is 19.9 Å². The van der Waals surface area contributed by atoms with E-state index in [0.717, 1.165) is 11.1 Å². The number of aliphatic hydroxyl groups is 2. The third kappa shape index (κ3) is 2.05. The molecule has 4 nitrogen and oxygen atoms in total. The lowest BCUT2D eigenvalue weighted by atomic mass is 9.45. The average Bonchev–Trinajstić information content (AvgIpc) is 2.46. The zero-order valence-corrected chi connectivity index (χ0v) is 15.3. The van der Waals surface area contributed by atoms with Gasteiger partial charge in [-0.25, -0.2) is 0 Å². The van der Waals surface area contributed by atoms with Crippen molar-refractivity contribution in [2.24, 2.45) is 35.5 Å². The predicted octanol–water partition coefficient (Wildman–Crippen LogP) is 2.30. The van der Waals surface area contributed by atoms with E-state index in [9.17, 15) is 19.8 Å². The first-order valence-electron chi connectivity index (χ1n) is 8.88. The van der Waals surface area contributed by atoms with E-state index in [0.29, 0.717) is 0 Å². The fourth-order valence-electron chi connectivity index (χ4n) is 5.12. The van der Waals surface area contributed by atoms with Crippen LogP contribution in [0.2, 0.25) is 0 Å². The first kappa shape index (κ1) is 17.6. The van der Waals surface area contributed by atoms with E-state index in [4.69, 9.17) is 0 Å². The molecule has 5 unspecified atom stereocenters. The predicted molar refractivity (Wildman–Crippen MR) is 91.1 cm³/mol. The molecule has 1 fully saturated rings. The molecule has 0 spiro atoms. The lowest BCUT2D eigenvalue weighted by molar-refractivity contribution is -0.178. The van der Waals surface area contributed by atoms with E-state index < -0.39 is 29.0 Å². The standard InChI is InChI=1S/C20H28O4/c1-9(2)11-7-13-17-15(16(11)18(22)19(13,5)23)12(10(3)4)8-14(21)20(17,6)24/h7-10,13,15-17,23-24H,1-6H3/t13?,15?,16?,17?,19?,20-/m0/s1. The SMILES string of the molecule is CC(C)C1=CC2C3C(C(C(C)C)=CC(=O)[C@]3(C)O)C1C(=O)C2(C)O. The smallest absolute Gasteiger partial charge is 0.187 e. The summed E-state index contributed by atoms with van der Waals surface area (Å²) in [5.41, 5.74) is -1.13. The van der Waals surface area contributed by atoms with Crippen LogP contribution in [0.4, 0.5) is 0 Å². The van der Waals surface area contributed by atoms with Crippen molar-refractivity contribution < 1.29 is 19.8 Å². The molecule has 4 aliphatic carbocycles. The van der Waals surface area contributed by atoms with Crippen molar-refractivity contribution >= 4 is 11.6 Å². The fourth-order valence-corrected chi connectivity index (χ4v) is 5.12. The Labute approximate surface area is 143 Å². The van der Waals surface area contributed by atoms with Crippen molar-refractivity contribution in [3.63, 3.8) is 0 Å². The summed E-state index contributed by atoms with van der Waals surface area (Å²) in [6, 6.07) is 0. The van der Waals surface area contributed by atoms with Crippen molar-refractivity contribution in [1.29, 1.82) is 0 Å². The van der Waals surface area contributed by atoms with Gasteiger partial charge in [0.2, 0.25) is 0 Å². The zero-order chi connectivity index (χ0) is 18.2. The van der Waals surface area contributed by atoms with Gasteiger partial charge in [-0.3, -0.25) is 9.59 Å². The Morgan fingerprint density at radius 1 is 0.958 bits per heavy atom. The Morgan fingerprint density at radius 2 is 1.50 bits per heavy atom. The Bertz CT molecular complexity index is 663. The maximum atomic E-state index is 13.1. The summed E-state index contributed by atoms with van der Waals surface area (Å²) < 4.78 is 0. The van der Waals surface area contributed by atoms with Crippen molar-refractivity contribution in [2.45, 2.75) is 52.7 Å². The van der Waals surface area contributed by atoms with Crippen LogP contribution in [0.15, 0.2) is 23.3 Å². The molecule has 4 aliphatic rings. The van der Waals surface area contributed by atoms with Gasteiger partial charge < -0.3 is 10.2 Å². The van der Waals surface area contributed by atoms with Gasteiger partial charge in [-0.15, -0.1) is 0 Å². The van der Waals surface area contributed by atoms with Crippen LogP contribution in [0.3, 0.4) is 0 Å². The summed E-state index contributed by atoms with van der Waals surface area (Å²) in [7, 11) is 0. The monoisotopic (exact) mass is 332 g/mol. The second kappa shape index (κ2) is 5.12. The van der Waals surface area contributed by atoms with Gasteiger partial charge in [0.15, 0.2) is 11.6 Å². The van der Waals surface area contributed by atoms with E-state index >= 15 is 0 Å². The van der Waals surface area contributed by atoms with E-state index in [1.54, 1.807) is 6.08 Å². The summed E-state index contributed by atoms with van der Waals surface area (Å²) in [6.45, 7) is 11.2. The molecule has 4 heteroatoms. The molecule has 6 atom stereocenters. The molecule has 0 saturated heterocycles. The number of carbonyl (C=O) groups is 2. The lowest BCUT2D eigenvalue weighted by Crippen LogP contribution is -2.68. The molecule has 0 heterocycles. The Hall–Kier alpha value is -1.26. The topological polar surface area (TPSA) is 74.6 Å². The van der Waals surface area contributed by atoms with Crippen molar-refractivity contribution in [3.05, 3.63) is 23.3 Å². The largest absolute Gasteiger partial charge is 0.382 e. The van der Waals surface area contributed by atoms with Crippen molar-refractivity contribution in [1.82, 2.24) is 0 Å². The first-order valence-corrected chi connectivity index (χ1v) is 8.88. The highest BCUT2D eigenvalue weighted by Crippen LogP contribution is 2.59. The number of carbonyl (C=O) groups excluding carboxylic acids is 2. The molecular weight excluding hydrogens is 304 g/mol. The minimum absolute atomic E-state index is 0.114. The van der Waals surface area contributed by atoms with Crippen molar-refractivity contribution in [3.8, 4) is 0 Å². The minimum atomic E-state index is -1.56. The van der Waals surface area contributed by atoms with Crippen LogP contribution in [-0.4, -0.2) is 33.0 Å². The summed E-state index contributed by atoms with van der Waals surface area (Å²) in [6.07, 6.45) is 3.51. The van der Waals surface area contributed by atoms with Crippen LogP contribution >= 0.6 is 0 Å². The van der Waals surface area contributed by atoms with E-state index in [-0.39, 0.29) is 29.3 Å². The Kier molecular flexibility index (Phi) is 3.75. The van der Waals surface area contributed by atoms with E-state index in [2.05, 4.69) is 13.8 Å². The van der Waals surface area contributed by atoms with E-state index in [1.165, 1.54) is 13.8 Å². The van der Waals surface area contributed by atoms with Gasteiger partial charge in [0.05, 0.1) is 0 Å². The normalized spacial score (nSPS) is 44.8. The van der Waals surface area contributed by atoms with Crippen LogP contribution in [0.5, 0.6) is 0 Å². The number of hydrogen-bond acceptors (Lipinski definition) is 4. The third-order valence-electron chi connectivity index (χ3n) is 6.46. The molecule has 2 bridgehead atoms. The fraction of sp³-hybridized carbons (Fsp3) is 0.700. The zero-order valence-electron chi connectivity index (χ0n) is 15.3. The third-order valence-corrected chi connectivity index (χ3v) is 6.46. The number of allylic oxidation sites excluding steroid dienone is 2. The molecule has 132 valence electrons. The van der Waals surface area contributed by atoms with Gasteiger partial charge >= 0.3 is 0 Å². The van der Waals surface area contributed by atoms with Crippen LogP contribution in [0.25, 0.3) is 0 Å².